The quantitative estimate of drug-likeness (QED) is 0.273. The van der Waals surface area contributed by atoms with Crippen LogP contribution in [0.4, 0.5) is 17.3 Å². The topological polar surface area (TPSA) is 134 Å². The van der Waals surface area contributed by atoms with Crippen molar-refractivity contribution in [1.82, 2.24) is 20.6 Å². The standard InChI is InChI=1S/C20H28N6O3.C4H11N/c1-5-26(6-2)20-13(3)23-17(18(21)28)19(25-20)24-15-9-14(7-8-22-12-27)10-16(11-15)29-4;1-4(2)5-3/h9-12H,5-8H2,1-4H3,(H2,21,28)(H,22,27)(H,24,25);4-5H,1-3H3. The summed E-state index contributed by atoms with van der Waals surface area (Å²) in [5.41, 5.74) is 7.87. The number of hydrogen-bond acceptors (Lipinski definition) is 8. The molecule has 1 aromatic carbocycles. The van der Waals surface area contributed by atoms with Gasteiger partial charge in [-0.15, -0.1) is 0 Å². The Kier molecular flexibility index (Phi) is 12.4. The van der Waals surface area contributed by atoms with Gasteiger partial charge in [-0.25, -0.2) is 9.97 Å². The van der Waals surface area contributed by atoms with E-state index in [4.69, 9.17) is 10.5 Å². The van der Waals surface area contributed by atoms with Gasteiger partial charge >= 0.3 is 0 Å². The molecule has 2 aromatic rings. The zero-order valence-corrected chi connectivity index (χ0v) is 21.4. The maximum Gasteiger partial charge on any atom is 0.271 e. The van der Waals surface area contributed by atoms with Crippen molar-refractivity contribution in [2.45, 2.75) is 47.1 Å². The Labute approximate surface area is 202 Å². The minimum atomic E-state index is -0.660. The number of anilines is 3. The van der Waals surface area contributed by atoms with Gasteiger partial charge in [-0.1, -0.05) is 13.8 Å². The zero-order valence-electron chi connectivity index (χ0n) is 21.4. The number of benzene rings is 1. The second-order valence-electron chi connectivity index (χ2n) is 7.83. The number of methoxy groups -OCH3 is 1. The Bertz CT molecular complexity index is 931. The summed E-state index contributed by atoms with van der Waals surface area (Å²) >= 11 is 0. The SMILES string of the molecule is CCN(CC)c1nc(Nc2cc(CCNC=O)cc(OC)c2)c(C(N)=O)nc1C.CNC(C)C. The van der Waals surface area contributed by atoms with E-state index in [1.807, 2.05) is 33.0 Å². The van der Waals surface area contributed by atoms with Crippen LogP contribution in [0.1, 0.15) is 49.4 Å². The molecule has 0 atom stereocenters. The summed E-state index contributed by atoms with van der Waals surface area (Å²) in [7, 11) is 3.52. The van der Waals surface area contributed by atoms with Crippen LogP contribution in [0.5, 0.6) is 5.75 Å². The molecule has 0 spiro atoms. The van der Waals surface area contributed by atoms with Crippen LogP contribution < -0.4 is 31.3 Å². The maximum absolute atomic E-state index is 11.9. The number of ether oxygens (including phenoxy) is 1. The van der Waals surface area contributed by atoms with Gasteiger partial charge in [0.1, 0.15) is 5.75 Å². The Morgan fingerprint density at radius 3 is 2.35 bits per heavy atom. The highest BCUT2D eigenvalue weighted by Crippen LogP contribution is 2.27. The number of nitrogens with two attached hydrogens (primary N) is 1. The maximum atomic E-state index is 11.9. The van der Waals surface area contributed by atoms with E-state index >= 15 is 0 Å². The largest absolute Gasteiger partial charge is 0.497 e. The van der Waals surface area contributed by atoms with Crippen LogP contribution in [0.3, 0.4) is 0 Å². The van der Waals surface area contributed by atoms with Gasteiger partial charge in [0.25, 0.3) is 5.91 Å². The van der Waals surface area contributed by atoms with Crippen LogP contribution in [-0.4, -0.2) is 62.1 Å². The van der Waals surface area contributed by atoms with E-state index in [0.717, 1.165) is 18.7 Å². The molecule has 2 amide bonds. The van der Waals surface area contributed by atoms with Crippen LogP contribution in [0.15, 0.2) is 18.2 Å². The lowest BCUT2D eigenvalue weighted by atomic mass is 10.1. The Hall–Kier alpha value is -3.40. The predicted octanol–water partition coefficient (Wildman–Crippen LogP) is 2.39. The Morgan fingerprint density at radius 2 is 1.85 bits per heavy atom. The Balaban J connectivity index is 0.00000104. The molecule has 5 N–H and O–H groups in total. The van der Waals surface area contributed by atoms with Crippen molar-refractivity contribution in [2.24, 2.45) is 5.73 Å². The fourth-order valence-corrected chi connectivity index (χ4v) is 3.00. The number of carbonyl (C=O) groups is 2. The molecule has 0 saturated heterocycles. The summed E-state index contributed by atoms with van der Waals surface area (Å²) in [6.45, 7) is 12.1. The van der Waals surface area contributed by atoms with Crippen molar-refractivity contribution in [3.8, 4) is 5.75 Å². The molecule has 2 rings (SSSR count). The van der Waals surface area contributed by atoms with Gasteiger partial charge in [0.2, 0.25) is 6.41 Å². The van der Waals surface area contributed by atoms with E-state index in [9.17, 15) is 9.59 Å². The minimum absolute atomic E-state index is 0.0744. The van der Waals surface area contributed by atoms with Gasteiger partial charge in [-0.2, -0.15) is 0 Å². The summed E-state index contributed by atoms with van der Waals surface area (Å²) in [5.74, 6) is 0.962. The molecule has 0 radical (unpaired) electrons. The Morgan fingerprint density at radius 1 is 1.21 bits per heavy atom. The van der Waals surface area contributed by atoms with E-state index in [1.54, 1.807) is 20.1 Å². The normalized spacial score (nSPS) is 10.2. The third kappa shape index (κ3) is 8.86. The van der Waals surface area contributed by atoms with E-state index in [1.165, 1.54) is 0 Å². The molecule has 0 aliphatic carbocycles. The molecule has 1 heterocycles. The van der Waals surface area contributed by atoms with Gasteiger partial charge in [0, 0.05) is 37.4 Å². The molecule has 0 bridgehead atoms. The number of aromatic nitrogens is 2. The number of aryl methyl sites for hydroxylation is 1. The molecule has 0 unspecified atom stereocenters. The molecule has 0 aliphatic heterocycles. The van der Waals surface area contributed by atoms with Crippen molar-refractivity contribution < 1.29 is 14.3 Å². The number of nitrogens with zero attached hydrogens (tertiary/aromatic N) is 3. The lowest BCUT2D eigenvalue weighted by Gasteiger charge is -2.23. The second-order valence-corrected chi connectivity index (χ2v) is 7.83. The first kappa shape index (κ1) is 28.6. The van der Waals surface area contributed by atoms with Gasteiger partial charge < -0.3 is 31.3 Å². The van der Waals surface area contributed by atoms with Gasteiger partial charge in [0.15, 0.2) is 17.3 Å². The first-order chi connectivity index (χ1) is 16.2. The molecular formula is C24H39N7O3. The molecule has 10 heteroatoms. The van der Waals surface area contributed by atoms with E-state index in [-0.39, 0.29) is 11.5 Å². The molecule has 34 heavy (non-hydrogen) atoms. The summed E-state index contributed by atoms with van der Waals surface area (Å²) in [4.78, 5) is 33.5. The number of rotatable bonds is 12. The van der Waals surface area contributed by atoms with Crippen molar-refractivity contribution in [2.75, 3.05) is 44.0 Å². The van der Waals surface area contributed by atoms with E-state index < -0.39 is 5.91 Å². The van der Waals surface area contributed by atoms with E-state index in [2.05, 4.69) is 44.7 Å². The number of hydrogen-bond donors (Lipinski definition) is 4. The monoisotopic (exact) mass is 473 g/mol. The van der Waals surface area contributed by atoms with Crippen LogP contribution in [-0.2, 0) is 11.2 Å². The fraction of sp³-hybridized carbons (Fsp3) is 0.500. The summed E-state index contributed by atoms with van der Waals surface area (Å²) in [5, 5.41) is 8.82. The minimum Gasteiger partial charge on any atom is -0.497 e. The number of nitrogens with one attached hydrogen (secondary N) is 3. The lowest BCUT2D eigenvalue weighted by Crippen LogP contribution is -2.26. The molecule has 0 saturated carbocycles. The molecular weight excluding hydrogens is 434 g/mol. The van der Waals surface area contributed by atoms with Crippen molar-refractivity contribution >= 4 is 29.6 Å². The molecule has 10 nitrogen and oxygen atoms in total. The number of carbonyl (C=O) groups excluding carboxylic acids is 2. The highest BCUT2D eigenvalue weighted by molar-refractivity contribution is 5.96. The van der Waals surface area contributed by atoms with Crippen molar-refractivity contribution in [3.05, 3.63) is 35.2 Å². The number of primary amides is 1. The van der Waals surface area contributed by atoms with Crippen molar-refractivity contribution in [3.63, 3.8) is 0 Å². The van der Waals surface area contributed by atoms with Gasteiger partial charge in [0.05, 0.1) is 12.8 Å². The first-order valence-electron chi connectivity index (χ1n) is 11.4. The smallest absolute Gasteiger partial charge is 0.271 e. The van der Waals surface area contributed by atoms with Gasteiger partial charge in [-0.3, -0.25) is 9.59 Å². The third-order valence-corrected chi connectivity index (χ3v) is 5.02. The van der Waals surface area contributed by atoms with Gasteiger partial charge in [-0.05, 0) is 51.9 Å². The highest BCUT2D eigenvalue weighted by atomic mass is 16.5. The van der Waals surface area contributed by atoms with E-state index in [0.29, 0.717) is 48.4 Å². The summed E-state index contributed by atoms with van der Waals surface area (Å²) < 4.78 is 5.37. The first-order valence-corrected chi connectivity index (χ1v) is 11.4. The molecule has 0 fully saturated rings. The van der Waals surface area contributed by atoms with Crippen LogP contribution in [0.25, 0.3) is 0 Å². The fourth-order valence-electron chi connectivity index (χ4n) is 3.00. The predicted molar refractivity (Wildman–Crippen MR) is 137 cm³/mol. The molecule has 0 aliphatic rings. The summed E-state index contributed by atoms with van der Waals surface area (Å²) in [6, 6.07) is 6.21. The van der Waals surface area contributed by atoms with Crippen molar-refractivity contribution in [1.29, 1.82) is 0 Å². The lowest BCUT2D eigenvalue weighted by molar-refractivity contribution is -0.109. The van der Waals surface area contributed by atoms with Crippen LogP contribution >= 0.6 is 0 Å². The van der Waals surface area contributed by atoms with Crippen LogP contribution in [0, 0.1) is 6.92 Å². The third-order valence-electron chi connectivity index (χ3n) is 5.02. The average Bonchev–Trinajstić information content (AvgIpc) is 2.81. The molecule has 188 valence electrons. The number of amides is 2. The highest BCUT2D eigenvalue weighted by Gasteiger charge is 2.18. The molecule has 1 aromatic heterocycles. The zero-order chi connectivity index (χ0) is 25.7. The van der Waals surface area contributed by atoms with Crippen LogP contribution in [0.2, 0.25) is 0 Å². The average molecular weight is 474 g/mol. The second kappa shape index (κ2) is 14.7. The summed E-state index contributed by atoms with van der Waals surface area (Å²) in [6.07, 6.45) is 1.28.